The molecule has 0 heterocycles. The monoisotopic (exact) mass is 259 g/mol. The summed E-state index contributed by atoms with van der Waals surface area (Å²) in [5.41, 5.74) is 1.56. The second kappa shape index (κ2) is 5.62. The average Bonchev–Trinajstić information content (AvgIpc) is 2.17. The normalized spacial score (nSPS) is 12.0. The lowest BCUT2D eigenvalue weighted by atomic mass is 9.94. The van der Waals surface area contributed by atoms with Crippen LogP contribution in [0.2, 0.25) is 0 Å². The van der Waals surface area contributed by atoms with Crippen LogP contribution in [-0.4, -0.2) is 13.0 Å². The fraction of sp³-hybridized carbons (Fsp3) is 0.500. The fourth-order valence-corrected chi connectivity index (χ4v) is 2.20. The molecule has 0 atom stereocenters. The van der Waals surface area contributed by atoms with Gasteiger partial charge in [-0.3, -0.25) is 0 Å². The molecular formula is C12H21NO3S. The number of benzene rings is 1. The summed E-state index contributed by atoms with van der Waals surface area (Å²) in [6, 6.07) is 7.23. The first-order chi connectivity index (χ1) is 7.30. The van der Waals surface area contributed by atoms with E-state index in [1.807, 2.05) is 19.1 Å². The smallest absolute Gasteiger partial charge is 0.104 e. The van der Waals surface area contributed by atoms with Crippen molar-refractivity contribution >= 4 is 10.1 Å². The second-order valence-electron chi connectivity index (χ2n) is 4.37. The highest BCUT2D eigenvalue weighted by Gasteiger charge is 2.30. The van der Waals surface area contributed by atoms with Crippen molar-refractivity contribution in [2.24, 2.45) is 0 Å². The number of aryl methyl sites for hydroxylation is 1. The molecule has 4 nitrogen and oxygen atoms in total. The third kappa shape index (κ3) is 3.28. The Morgan fingerprint density at radius 3 is 2.24 bits per heavy atom. The molecule has 0 aromatic heterocycles. The molecule has 0 unspecified atom stereocenters. The largest absolute Gasteiger partial charge is 0.747 e. The highest BCUT2D eigenvalue weighted by atomic mass is 32.2. The van der Waals surface area contributed by atoms with Crippen LogP contribution < -0.4 is 6.15 Å². The molecule has 98 valence electrons. The minimum Gasteiger partial charge on any atom is -0.747 e. The van der Waals surface area contributed by atoms with Crippen LogP contribution in [0.4, 0.5) is 0 Å². The van der Waals surface area contributed by atoms with Crippen molar-refractivity contribution in [3.05, 3.63) is 35.4 Å². The molecule has 0 fully saturated rings. The van der Waals surface area contributed by atoms with Gasteiger partial charge in [0.2, 0.25) is 0 Å². The zero-order chi connectivity index (χ0) is 12.4. The van der Waals surface area contributed by atoms with Crippen molar-refractivity contribution < 1.29 is 13.0 Å². The van der Waals surface area contributed by atoms with Crippen molar-refractivity contribution in [2.45, 2.75) is 38.4 Å². The predicted octanol–water partition coefficient (Wildman–Crippen LogP) is 2.80. The summed E-state index contributed by atoms with van der Waals surface area (Å²) < 4.78 is 32.4. The molecule has 0 aliphatic rings. The topological polar surface area (TPSA) is 93.7 Å². The second-order valence-corrected chi connectivity index (χ2v) is 6.30. The summed E-state index contributed by atoms with van der Waals surface area (Å²) in [7, 11) is -4.35. The standard InChI is InChI=1S/C12H18O3S.H3N/c1-4-7-10-8-5-6-9-11(10)12(2,3)16(13,14)15;/h5-6,8-9H,4,7H2,1-3H3,(H,13,14,15);1H3. The van der Waals surface area contributed by atoms with E-state index in [4.69, 9.17) is 0 Å². The minimum atomic E-state index is -4.35. The van der Waals surface area contributed by atoms with Crippen LogP contribution >= 0.6 is 0 Å². The number of quaternary nitrogens is 1. The van der Waals surface area contributed by atoms with Gasteiger partial charge in [-0.1, -0.05) is 37.6 Å². The Kier molecular flexibility index (Phi) is 5.32. The summed E-state index contributed by atoms with van der Waals surface area (Å²) in [5, 5.41) is 0. The lowest BCUT2D eigenvalue weighted by molar-refractivity contribution is 0.427. The molecule has 1 rings (SSSR count). The molecule has 4 N–H and O–H groups in total. The average molecular weight is 259 g/mol. The summed E-state index contributed by atoms with van der Waals surface area (Å²) in [4.78, 5) is 0. The predicted molar refractivity (Wildman–Crippen MR) is 69.1 cm³/mol. The van der Waals surface area contributed by atoms with Crippen LogP contribution in [0.15, 0.2) is 24.3 Å². The molecule has 1 aromatic rings. The van der Waals surface area contributed by atoms with Gasteiger partial charge in [-0.25, -0.2) is 8.42 Å². The van der Waals surface area contributed by atoms with Crippen molar-refractivity contribution in [2.75, 3.05) is 0 Å². The molecule has 5 heteroatoms. The van der Waals surface area contributed by atoms with Crippen LogP contribution in [0.1, 0.15) is 38.3 Å². The Morgan fingerprint density at radius 2 is 1.76 bits per heavy atom. The van der Waals surface area contributed by atoms with Gasteiger partial charge in [0.1, 0.15) is 10.1 Å². The highest BCUT2D eigenvalue weighted by molar-refractivity contribution is 7.86. The number of hydrogen-bond donors (Lipinski definition) is 1. The Morgan fingerprint density at radius 1 is 1.24 bits per heavy atom. The quantitative estimate of drug-likeness (QED) is 0.842. The maximum atomic E-state index is 11.3. The summed E-state index contributed by atoms with van der Waals surface area (Å²) >= 11 is 0. The van der Waals surface area contributed by atoms with Crippen LogP contribution in [-0.2, 0) is 21.3 Å². The third-order valence-electron chi connectivity index (χ3n) is 2.81. The van der Waals surface area contributed by atoms with E-state index >= 15 is 0 Å². The summed E-state index contributed by atoms with van der Waals surface area (Å²) in [6.07, 6.45) is 1.71. The maximum Gasteiger partial charge on any atom is 0.104 e. The molecule has 0 saturated carbocycles. The Bertz CT molecular complexity index is 466. The minimum absolute atomic E-state index is 0. The van der Waals surface area contributed by atoms with E-state index in [1.165, 1.54) is 13.8 Å². The molecule has 0 spiro atoms. The molecule has 1 aromatic carbocycles. The van der Waals surface area contributed by atoms with Crippen molar-refractivity contribution in [3.8, 4) is 0 Å². The molecule has 0 aliphatic carbocycles. The Balaban J connectivity index is 0.00000256. The summed E-state index contributed by atoms with van der Waals surface area (Å²) in [6.45, 7) is 4.95. The molecular weight excluding hydrogens is 238 g/mol. The van der Waals surface area contributed by atoms with E-state index in [1.54, 1.807) is 12.1 Å². The van der Waals surface area contributed by atoms with E-state index in [-0.39, 0.29) is 6.15 Å². The Labute approximate surface area is 103 Å². The van der Waals surface area contributed by atoms with E-state index in [0.717, 1.165) is 18.4 Å². The molecule has 17 heavy (non-hydrogen) atoms. The molecule has 0 amide bonds. The van der Waals surface area contributed by atoms with Gasteiger partial charge in [-0.2, -0.15) is 0 Å². The van der Waals surface area contributed by atoms with Gasteiger partial charge in [0.15, 0.2) is 0 Å². The van der Waals surface area contributed by atoms with E-state index < -0.39 is 14.9 Å². The van der Waals surface area contributed by atoms with Crippen molar-refractivity contribution in [3.63, 3.8) is 0 Å². The van der Waals surface area contributed by atoms with Gasteiger partial charge in [0.05, 0.1) is 4.75 Å². The van der Waals surface area contributed by atoms with Gasteiger partial charge in [-0.15, -0.1) is 0 Å². The van der Waals surface area contributed by atoms with E-state index in [2.05, 4.69) is 0 Å². The molecule has 0 bridgehead atoms. The Hall–Kier alpha value is -0.910. The number of hydrogen-bond acceptors (Lipinski definition) is 3. The zero-order valence-electron chi connectivity index (χ0n) is 10.9. The maximum absolute atomic E-state index is 11.3. The lowest BCUT2D eigenvalue weighted by Gasteiger charge is -2.30. The zero-order valence-corrected chi connectivity index (χ0v) is 11.7. The molecule has 0 saturated heterocycles. The van der Waals surface area contributed by atoms with Gasteiger partial charge < -0.3 is 10.7 Å². The summed E-state index contributed by atoms with van der Waals surface area (Å²) in [5.74, 6) is 0. The van der Waals surface area contributed by atoms with Crippen molar-refractivity contribution in [1.82, 2.24) is 6.15 Å². The van der Waals surface area contributed by atoms with Gasteiger partial charge in [0, 0.05) is 0 Å². The van der Waals surface area contributed by atoms with Crippen LogP contribution in [0.5, 0.6) is 0 Å². The fourth-order valence-electron chi connectivity index (χ4n) is 1.73. The van der Waals surface area contributed by atoms with Crippen LogP contribution in [0.25, 0.3) is 0 Å². The molecule has 0 aliphatic heterocycles. The highest BCUT2D eigenvalue weighted by Crippen LogP contribution is 2.31. The molecule has 0 radical (unpaired) electrons. The third-order valence-corrected chi connectivity index (χ3v) is 4.28. The van der Waals surface area contributed by atoms with Crippen LogP contribution in [0.3, 0.4) is 0 Å². The van der Waals surface area contributed by atoms with E-state index in [9.17, 15) is 13.0 Å². The first-order valence-electron chi connectivity index (χ1n) is 5.34. The van der Waals surface area contributed by atoms with Crippen molar-refractivity contribution in [1.29, 1.82) is 0 Å². The first-order valence-corrected chi connectivity index (χ1v) is 6.75. The van der Waals surface area contributed by atoms with E-state index in [0.29, 0.717) is 5.56 Å². The van der Waals surface area contributed by atoms with Crippen LogP contribution in [0, 0.1) is 0 Å². The van der Waals surface area contributed by atoms with Gasteiger partial charge >= 0.3 is 0 Å². The SMILES string of the molecule is CCCc1ccccc1C(C)(C)S(=O)(=O)[O-].[NH4+]. The number of rotatable bonds is 4. The first kappa shape index (κ1) is 16.1. The lowest BCUT2D eigenvalue weighted by Crippen LogP contribution is -2.30. The van der Waals surface area contributed by atoms with Gasteiger partial charge in [-0.05, 0) is 31.4 Å². The van der Waals surface area contributed by atoms with Gasteiger partial charge in [0.25, 0.3) is 0 Å².